The zero-order chi connectivity index (χ0) is 13.7. The highest BCUT2D eigenvalue weighted by Crippen LogP contribution is 2.23. The van der Waals surface area contributed by atoms with Gasteiger partial charge in [0.2, 0.25) is 5.91 Å². The molecule has 1 aromatic carbocycles. The molecule has 19 heavy (non-hydrogen) atoms. The standard InChI is InChI=1S/C15H21BrN2O/c1-11(13-4-2-3-5-14(13)16)18-15(19)7-6-12-8-9-17-10-12/h2-5,11-12,17H,6-10H2,1H3,(H,18,19)/t11-,12?/m0/s1. The molecule has 4 heteroatoms. The van der Waals surface area contributed by atoms with Gasteiger partial charge in [-0.1, -0.05) is 34.1 Å². The normalized spacial score (nSPS) is 20.2. The number of halogens is 1. The van der Waals surface area contributed by atoms with Crippen LogP contribution in [-0.2, 0) is 4.79 Å². The molecule has 0 bridgehead atoms. The second-order valence-corrected chi connectivity index (χ2v) is 6.06. The summed E-state index contributed by atoms with van der Waals surface area (Å²) in [4.78, 5) is 11.9. The molecule has 1 aliphatic rings. The average molecular weight is 325 g/mol. The van der Waals surface area contributed by atoms with E-state index in [1.165, 1.54) is 6.42 Å². The summed E-state index contributed by atoms with van der Waals surface area (Å²) in [6, 6.07) is 8.06. The second-order valence-electron chi connectivity index (χ2n) is 5.21. The lowest BCUT2D eigenvalue weighted by Crippen LogP contribution is -2.27. The molecule has 1 unspecified atom stereocenters. The van der Waals surface area contributed by atoms with Crippen molar-refractivity contribution in [2.75, 3.05) is 13.1 Å². The molecule has 2 atom stereocenters. The minimum atomic E-state index is 0.0461. The molecular formula is C15H21BrN2O. The number of rotatable bonds is 5. The maximum Gasteiger partial charge on any atom is 0.220 e. The third kappa shape index (κ3) is 4.32. The van der Waals surface area contributed by atoms with E-state index >= 15 is 0 Å². The number of benzene rings is 1. The van der Waals surface area contributed by atoms with Crippen LogP contribution in [0.25, 0.3) is 0 Å². The highest BCUT2D eigenvalue weighted by Gasteiger charge is 2.17. The van der Waals surface area contributed by atoms with Gasteiger partial charge in [-0.2, -0.15) is 0 Å². The third-order valence-corrected chi connectivity index (χ3v) is 4.41. The third-order valence-electron chi connectivity index (χ3n) is 3.69. The van der Waals surface area contributed by atoms with Gasteiger partial charge in [-0.25, -0.2) is 0 Å². The Morgan fingerprint density at radius 3 is 3.00 bits per heavy atom. The van der Waals surface area contributed by atoms with Crippen LogP contribution in [0.1, 0.15) is 37.8 Å². The molecule has 0 aliphatic carbocycles. The Labute approximate surface area is 123 Å². The van der Waals surface area contributed by atoms with Gasteiger partial charge in [-0.05, 0) is 50.4 Å². The number of carbonyl (C=O) groups excluding carboxylic acids is 1. The van der Waals surface area contributed by atoms with E-state index < -0.39 is 0 Å². The second kappa shape index (κ2) is 7.06. The van der Waals surface area contributed by atoms with Crippen LogP contribution in [0.4, 0.5) is 0 Å². The van der Waals surface area contributed by atoms with Crippen molar-refractivity contribution in [2.24, 2.45) is 5.92 Å². The molecule has 1 amide bonds. The Balaban J connectivity index is 1.79. The van der Waals surface area contributed by atoms with E-state index in [9.17, 15) is 4.79 Å². The van der Waals surface area contributed by atoms with Gasteiger partial charge >= 0.3 is 0 Å². The maximum absolute atomic E-state index is 11.9. The average Bonchev–Trinajstić information content (AvgIpc) is 2.90. The molecule has 0 spiro atoms. The molecule has 0 radical (unpaired) electrons. The van der Waals surface area contributed by atoms with Crippen LogP contribution in [0.2, 0.25) is 0 Å². The molecule has 0 saturated carbocycles. The minimum absolute atomic E-state index is 0.0461. The lowest BCUT2D eigenvalue weighted by Gasteiger charge is -2.16. The van der Waals surface area contributed by atoms with Crippen molar-refractivity contribution in [3.63, 3.8) is 0 Å². The van der Waals surface area contributed by atoms with E-state index in [2.05, 4.69) is 26.6 Å². The first kappa shape index (κ1) is 14.5. The summed E-state index contributed by atoms with van der Waals surface area (Å²) in [5.74, 6) is 0.819. The quantitative estimate of drug-likeness (QED) is 0.874. The van der Waals surface area contributed by atoms with Crippen molar-refractivity contribution in [1.29, 1.82) is 0 Å². The van der Waals surface area contributed by atoms with Crippen LogP contribution in [0.15, 0.2) is 28.7 Å². The number of nitrogens with one attached hydrogen (secondary N) is 2. The monoisotopic (exact) mass is 324 g/mol. The highest BCUT2D eigenvalue weighted by atomic mass is 79.9. The van der Waals surface area contributed by atoms with E-state index in [1.54, 1.807) is 0 Å². The lowest BCUT2D eigenvalue weighted by atomic mass is 10.0. The topological polar surface area (TPSA) is 41.1 Å². The highest BCUT2D eigenvalue weighted by molar-refractivity contribution is 9.10. The van der Waals surface area contributed by atoms with Crippen LogP contribution in [0, 0.1) is 5.92 Å². The Bertz CT molecular complexity index is 430. The van der Waals surface area contributed by atoms with E-state index in [1.807, 2.05) is 31.2 Å². The molecule has 3 nitrogen and oxygen atoms in total. The molecule has 1 heterocycles. The molecule has 2 rings (SSSR count). The summed E-state index contributed by atoms with van der Waals surface area (Å²) in [5.41, 5.74) is 1.12. The first-order valence-corrected chi connectivity index (χ1v) is 7.70. The van der Waals surface area contributed by atoms with Crippen LogP contribution in [-0.4, -0.2) is 19.0 Å². The molecule has 1 fully saturated rings. The molecule has 1 aliphatic heterocycles. The van der Waals surface area contributed by atoms with Crippen molar-refractivity contribution in [2.45, 2.75) is 32.2 Å². The fourth-order valence-electron chi connectivity index (χ4n) is 2.51. The fourth-order valence-corrected chi connectivity index (χ4v) is 3.14. The van der Waals surface area contributed by atoms with E-state index in [4.69, 9.17) is 0 Å². The van der Waals surface area contributed by atoms with Crippen LogP contribution in [0.5, 0.6) is 0 Å². The molecule has 1 saturated heterocycles. The van der Waals surface area contributed by atoms with E-state index in [0.29, 0.717) is 12.3 Å². The SMILES string of the molecule is C[C@H](NC(=O)CCC1CCNC1)c1ccccc1Br. The van der Waals surface area contributed by atoms with Crippen molar-refractivity contribution in [3.05, 3.63) is 34.3 Å². The molecule has 104 valence electrons. The Morgan fingerprint density at radius 2 is 2.32 bits per heavy atom. The van der Waals surface area contributed by atoms with E-state index in [0.717, 1.165) is 29.5 Å². The first-order chi connectivity index (χ1) is 9.16. The van der Waals surface area contributed by atoms with Gasteiger partial charge in [0.1, 0.15) is 0 Å². The minimum Gasteiger partial charge on any atom is -0.350 e. The molecular weight excluding hydrogens is 304 g/mol. The van der Waals surface area contributed by atoms with E-state index in [-0.39, 0.29) is 11.9 Å². The fraction of sp³-hybridized carbons (Fsp3) is 0.533. The van der Waals surface area contributed by atoms with Crippen molar-refractivity contribution < 1.29 is 4.79 Å². The van der Waals surface area contributed by atoms with Gasteiger partial charge in [-0.3, -0.25) is 4.79 Å². The zero-order valence-electron chi connectivity index (χ0n) is 11.3. The first-order valence-electron chi connectivity index (χ1n) is 6.91. The predicted octanol–water partition coefficient (Wildman–Crippen LogP) is 3.02. The molecule has 0 aromatic heterocycles. The van der Waals surface area contributed by atoms with Crippen LogP contribution < -0.4 is 10.6 Å². The summed E-state index contributed by atoms with van der Waals surface area (Å²) >= 11 is 3.52. The van der Waals surface area contributed by atoms with Gasteiger partial charge in [0.15, 0.2) is 0 Å². The largest absolute Gasteiger partial charge is 0.350 e. The van der Waals surface area contributed by atoms with Gasteiger partial charge in [0.25, 0.3) is 0 Å². The maximum atomic E-state index is 11.9. The Morgan fingerprint density at radius 1 is 1.53 bits per heavy atom. The zero-order valence-corrected chi connectivity index (χ0v) is 12.9. The molecule has 2 N–H and O–H groups in total. The summed E-state index contributed by atoms with van der Waals surface area (Å²) in [6.07, 6.45) is 2.82. The lowest BCUT2D eigenvalue weighted by molar-refractivity contribution is -0.122. The van der Waals surface area contributed by atoms with Crippen LogP contribution in [0.3, 0.4) is 0 Å². The van der Waals surface area contributed by atoms with Crippen molar-refractivity contribution in [1.82, 2.24) is 10.6 Å². The van der Waals surface area contributed by atoms with Crippen LogP contribution >= 0.6 is 15.9 Å². The van der Waals surface area contributed by atoms with Gasteiger partial charge in [-0.15, -0.1) is 0 Å². The number of amides is 1. The van der Waals surface area contributed by atoms with Crippen molar-refractivity contribution >= 4 is 21.8 Å². The summed E-state index contributed by atoms with van der Waals surface area (Å²) in [6.45, 7) is 4.18. The summed E-state index contributed by atoms with van der Waals surface area (Å²) < 4.78 is 1.04. The van der Waals surface area contributed by atoms with Gasteiger partial charge in [0.05, 0.1) is 6.04 Å². The summed E-state index contributed by atoms with van der Waals surface area (Å²) in [5, 5.41) is 6.40. The number of carbonyl (C=O) groups is 1. The van der Waals surface area contributed by atoms with Gasteiger partial charge in [0, 0.05) is 10.9 Å². The molecule has 1 aromatic rings. The van der Waals surface area contributed by atoms with Crippen molar-refractivity contribution in [3.8, 4) is 0 Å². The Kier molecular flexibility index (Phi) is 5.40. The Hall–Kier alpha value is -0.870. The number of hydrogen-bond donors (Lipinski definition) is 2. The predicted molar refractivity (Wildman–Crippen MR) is 80.9 cm³/mol. The number of hydrogen-bond acceptors (Lipinski definition) is 2. The summed E-state index contributed by atoms with van der Waals surface area (Å²) in [7, 11) is 0. The van der Waals surface area contributed by atoms with Gasteiger partial charge < -0.3 is 10.6 Å². The smallest absolute Gasteiger partial charge is 0.220 e.